The van der Waals surface area contributed by atoms with Crippen molar-refractivity contribution in [2.24, 2.45) is 0 Å². The molecule has 2 atom stereocenters. The maximum Gasteiger partial charge on any atom is 0.321 e. The molecule has 2 N–H and O–H groups in total. The molecule has 7 nitrogen and oxygen atoms in total. The lowest BCUT2D eigenvalue weighted by Crippen LogP contribution is -2.42. The zero-order chi connectivity index (χ0) is 14.8. The van der Waals surface area contributed by atoms with Gasteiger partial charge in [0, 0.05) is 6.42 Å². The van der Waals surface area contributed by atoms with Crippen LogP contribution < -0.4 is 10.6 Å². The molecule has 0 aliphatic carbocycles. The lowest BCUT2D eigenvalue weighted by molar-refractivity contribution is 0.249. The number of aromatic nitrogens is 2. The van der Waals surface area contributed by atoms with Gasteiger partial charge in [-0.3, -0.25) is 5.32 Å². The van der Waals surface area contributed by atoms with Gasteiger partial charge < -0.3 is 5.32 Å². The van der Waals surface area contributed by atoms with Crippen LogP contribution in [0.4, 0.5) is 9.93 Å². The molecule has 2 amide bonds. The molecule has 1 saturated heterocycles. The van der Waals surface area contributed by atoms with Crippen molar-refractivity contribution in [1.29, 1.82) is 0 Å². The van der Waals surface area contributed by atoms with Crippen molar-refractivity contribution in [3.8, 4) is 0 Å². The van der Waals surface area contributed by atoms with E-state index in [1.54, 1.807) is 0 Å². The zero-order valence-corrected chi connectivity index (χ0v) is 13.2. The van der Waals surface area contributed by atoms with Crippen LogP contribution in [0.3, 0.4) is 0 Å². The molecule has 1 aromatic rings. The third-order valence-electron chi connectivity index (χ3n) is 2.75. The number of carbonyl (C=O) groups excluding carboxylic acids is 1. The second-order valence-corrected chi connectivity index (χ2v) is 8.33. The van der Waals surface area contributed by atoms with E-state index in [-0.39, 0.29) is 11.5 Å². The number of nitrogens with one attached hydrogen (secondary N) is 2. The molecule has 0 radical (unpaired) electrons. The van der Waals surface area contributed by atoms with Gasteiger partial charge in [-0.2, -0.15) is 0 Å². The van der Waals surface area contributed by atoms with Gasteiger partial charge in [0.15, 0.2) is 9.84 Å². The molecule has 1 fully saturated rings. The Kier molecular flexibility index (Phi) is 4.82. The maximum absolute atomic E-state index is 11.8. The molecule has 0 unspecified atom stereocenters. The number of carbonyl (C=O) groups is 1. The Bertz CT molecular complexity index is 589. The molecule has 0 bridgehead atoms. The highest BCUT2D eigenvalue weighted by atomic mass is 35.5. The Morgan fingerprint density at radius 2 is 2.20 bits per heavy atom. The molecule has 1 aliphatic heterocycles. The number of aryl methyl sites for hydroxylation is 1. The smallest absolute Gasteiger partial charge is 0.321 e. The molecule has 0 aromatic carbocycles. The summed E-state index contributed by atoms with van der Waals surface area (Å²) in [5, 5.41) is 13.5. The van der Waals surface area contributed by atoms with E-state index in [9.17, 15) is 13.2 Å². The van der Waals surface area contributed by atoms with E-state index in [4.69, 9.17) is 11.6 Å². The molecular formula is C10H15ClN4O3S2. The summed E-state index contributed by atoms with van der Waals surface area (Å²) in [5.74, 6) is -0.245. The Morgan fingerprint density at radius 1 is 1.45 bits per heavy atom. The van der Waals surface area contributed by atoms with Gasteiger partial charge in [0.2, 0.25) is 5.13 Å². The van der Waals surface area contributed by atoms with E-state index >= 15 is 0 Å². The maximum atomic E-state index is 11.8. The van der Waals surface area contributed by atoms with Crippen LogP contribution >= 0.6 is 22.9 Å². The summed E-state index contributed by atoms with van der Waals surface area (Å²) in [6.07, 6.45) is 1.76. The van der Waals surface area contributed by atoms with Crippen molar-refractivity contribution in [3.63, 3.8) is 0 Å². The fourth-order valence-corrected chi connectivity index (χ4v) is 5.24. The highest BCUT2D eigenvalue weighted by Crippen LogP contribution is 2.19. The summed E-state index contributed by atoms with van der Waals surface area (Å²) < 4.78 is 22.8. The molecule has 0 spiro atoms. The Labute approximate surface area is 126 Å². The molecule has 2 heterocycles. The van der Waals surface area contributed by atoms with Gasteiger partial charge in [-0.25, -0.2) is 13.2 Å². The van der Waals surface area contributed by atoms with Crippen molar-refractivity contribution in [2.45, 2.75) is 31.2 Å². The minimum Gasteiger partial charge on any atom is -0.333 e. The molecule has 112 valence electrons. The quantitative estimate of drug-likeness (QED) is 0.798. The first kappa shape index (κ1) is 15.5. The lowest BCUT2D eigenvalue weighted by Gasteiger charge is -2.13. The van der Waals surface area contributed by atoms with Crippen molar-refractivity contribution < 1.29 is 13.2 Å². The first-order valence-electron chi connectivity index (χ1n) is 6.14. The molecule has 10 heteroatoms. The average Bonchev–Trinajstić information content (AvgIpc) is 2.84. The normalized spacial score (nSPS) is 24.5. The van der Waals surface area contributed by atoms with E-state index in [2.05, 4.69) is 20.8 Å². The van der Waals surface area contributed by atoms with Crippen LogP contribution in [0.25, 0.3) is 0 Å². The monoisotopic (exact) mass is 338 g/mol. The van der Waals surface area contributed by atoms with Gasteiger partial charge in [-0.1, -0.05) is 18.3 Å². The van der Waals surface area contributed by atoms with Crippen molar-refractivity contribution in [2.75, 3.05) is 16.8 Å². The van der Waals surface area contributed by atoms with E-state index in [0.29, 0.717) is 5.13 Å². The fourth-order valence-electron chi connectivity index (χ4n) is 1.86. The minimum atomic E-state index is -3.17. The third-order valence-corrected chi connectivity index (χ3v) is 6.02. The van der Waals surface area contributed by atoms with Crippen molar-refractivity contribution in [1.82, 2.24) is 15.5 Å². The average molecular weight is 339 g/mol. The Balaban J connectivity index is 1.89. The predicted octanol–water partition coefficient (Wildman–Crippen LogP) is 1.02. The molecular weight excluding hydrogens is 324 g/mol. The summed E-state index contributed by atoms with van der Waals surface area (Å²) in [7, 11) is -3.17. The third kappa shape index (κ3) is 4.03. The summed E-state index contributed by atoms with van der Waals surface area (Å²) >= 11 is 7.21. The molecule has 1 aliphatic rings. The Morgan fingerprint density at radius 3 is 2.80 bits per heavy atom. The first-order valence-corrected chi connectivity index (χ1v) is 9.21. The lowest BCUT2D eigenvalue weighted by atomic mass is 10.2. The number of hydrogen-bond donors (Lipinski definition) is 2. The van der Waals surface area contributed by atoms with E-state index in [0.717, 1.165) is 17.8 Å². The molecule has 0 saturated carbocycles. The van der Waals surface area contributed by atoms with Gasteiger partial charge in [-0.05, 0) is 6.42 Å². The van der Waals surface area contributed by atoms with E-state index in [1.165, 1.54) is 11.3 Å². The largest absolute Gasteiger partial charge is 0.333 e. The topological polar surface area (TPSA) is 101 Å². The van der Waals surface area contributed by atoms with Crippen LogP contribution in [0.2, 0.25) is 0 Å². The van der Waals surface area contributed by atoms with Gasteiger partial charge in [-0.15, -0.1) is 21.8 Å². The number of sulfone groups is 1. The predicted molar refractivity (Wildman–Crippen MR) is 78.1 cm³/mol. The number of urea groups is 1. The number of anilines is 1. The van der Waals surface area contributed by atoms with Crippen LogP contribution in [0.15, 0.2) is 0 Å². The summed E-state index contributed by atoms with van der Waals surface area (Å²) in [5.41, 5.74) is 0. The minimum absolute atomic E-state index is 0.112. The van der Waals surface area contributed by atoms with Crippen molar-refractivity contribution >= 4 is 43.9 Å². The van der Waals surface area contributed by atoms with Crippen LogP contribution in [0.1, 0.15) is 18.4 Å². The second-order valence-electron chi connectivity index (χ2n) is 4.55. The van der Waals surface area contributed by atoms with Gasteiger partial charge in [0.05, 0.1) is 22.9 Å². The zero-order valence-electron chi connectivity index (χ0n) is 10.8. The highest BCUT2D eigenvalue weighted by Gasteiger charge is 2.37. The second kappa shape index (κ2) is 6.23. The number of alkyl halides is 1. The van der Waals surface area contributed by atoms with Crippen LogP contribution in [-0.4, -0.2) is 47.6 Å². The van der Waals surface area contributed by atoms with Crippen LogP contribution in [0, 0.1) is 0 Å². The fraction of sp³-hybridized carbons (Fsp3) is 0.700. The number of hydrogen-bond acceptors (Lipinski definition) is 6. The number of nitrogens with zero attached hydrogens (tertiary/aromatic N) is 2. The van der Waals surface area contributed by atoms with E-state index in [1.807, 2.05) is 6.92 Å². The highest BCUT2D eigenvalue weighted by molar-refractivity contribution is 7.91. The van der Waals surface area contributed by atoms with Crippen LogP contribution in [-0.2, 0) is 16.3 Å². The van der Waals surface area contributed by atoms with Crippen LogP contribution in [0.5, 0.6) is 0 Å². The number of rotatable bonds is 4. The summed E-state index contributed by atoms with van der Waals surface area (Å²) in [6, 6.07) is -1.10. The molecule has 1 aromatic heterocycles. The van der Waals surface area contributed by atoms with Gasteiger partial charge in [0.25, 0.3) is 0 Å². The van der Waals surface area contributed by atoms with Gasteiger partial charge in [0.1, 0.15) is 5.01 Å². The van der Waals surface area contributed by atoms with Crippen molar-refractivity contribution in [3.05, 3.63) is 5.01 Å². The number of halogens is 1. The summed E-state index contributed by atoms with van der Waals surface area (Å²) in [6.45, 7) is 2.03. The van der Waals surface area contributed by atoms with E-state index < -0.39 is 27.3 Å². The first-order chi connectivity index (χ1) is 9.39. The van der Waals surface area contributed by atoms with Gasteiger partial charge >= 0.3 is 6.03 Å². The molecule has 2 rings (SSSR count). The number of amides is 2. The molecule has 20 heavy (non-hydrogen) atoms. The Hall–Kier alpha value is -0.930. The summed E-state index contributed by atoms with van der Waals surface area (Å²) in [4.78, 5) is 11.8. The SMILES string of the molecule is CCCc1nnc(NC(=O)N[C@@H]2CS(=O)(=O)C[C@H]2Cl)s1. The standard InChI is InChI=1S/C10H15ClN4O3S2/c1-2-3-8-14-15-10(19-8)13-9(16)12-7-5-20(17,18)4-6(7)11/h6-7H,2-5H2,1H3,(H2,12,13,15,16)/t6-,7-/m1/s1.